The van der Waals surface area contributed by atoms with E-state index in [1.165, 1.54) is 18.2 Å². The van der Waals surface area contributed by atoms with Crippen LogP contribution in [0.15, 0.2) is 36.4 Å². The smallest absolute Gasteiger partial charge is 0.262 e. The molecule has 2 aromatic carbocycles. The van der Waals surface area contributed by atoms with Crippen LogP contribution in [0, 0.1) is 12.7 Å². The highest BCUT2D eigenvalue weighted by Gasteiger charge is 2.11. The number of benzene rings is 2. The third kappa shape index (κ3) is 4.55. The molecule has 0 spiro atoms. The summed E-state index contributed by atoms with van der Waals surface area (Å²) in [7, 11) is 0. The number of hydrogen-bond donors (Lipinski definition) is 1. The number of nitrogens with one attached hydrogen (secondary N) is 1. The summed E-state index contributed by atoms with van der Waals surface area (Å²) in [6.07, 6.45) is 0.694. The zero-order valence-electron chi connectivity index (χ0n) is 13.5. The van der Waals surface area contributed by atoms with E-state index in [0.29, 0.717) is 30.0 Å². The van der Waals surface area contributed by atoms with Gasteiger partial charge in [-0.3, -0.25) is 9.59 Å². The third-order valence-electron chi connectivity index (χ3n) is 3.16. The van der Waals surface area contributed by atoms with Gasteiger partial charge in [-0.15, -0.1) is 0 Å². The molecule has 0 aliphatic rings. The van der Waals surface area contributed by atoms with Crippen molar-refractivity contribution in [3.8, 4) is 11.5 Å². The first kappa shape index (κ1) is 17.5. The van der Waals surface area contributed by atoms with Crippen LogP contribution in [0.25, 0.3) is 0 Å². The predicted molar refractivity (Wildman–Crippen MR) is 88.3 cm³/mol. The topological polar surface area (TPSA) is 64.6 Å². The van der Waals surface area contributed by atoms with Gasteiger partial charge in [0.2, 0.25) is 0 Å². The van der Waals surface area contributed by atoms with Gasteiger partial charge in [0, 0.05) is 5.56 Å². The monoisotopic (exact) mass is 331 g/mol. The summed E-state index contributed by atoms with van der Waals surface area (Å²) in [5.41, 5.74) is 1.37. The van der Waals surface area contributed by atoms with E-state index in [1.54, 1.807) is 32.0 Å². The minimum Gasteiger partial charge on any atom is -0.490 e. The van der Waals surface area contributed by atoms with Gasteiger partial charge in [0.05, 0.1) is 12.3 Å². The number of hydrogen-bond acceptors (Lipinski definition) is 4. The Hall–Kier alpha value is -2.89. The summed E-state index contributed by atoms with van der Waals surface area (Å²) in [5, 5.41) is 2.46. The first-order valence-corrected chi connectivity index (χ1v) is 7.44. The Kier molecular flexibility index (Phi) is 5.89. The van der Waals surface area contributed by atoms with E-state index in [-0.39, 0.29) is 12.3 Å². The molecular formula is C18H18FNO4. The van der Waals surface area contributed by atoms with Crippen molar-refractivity contribution in [2.24, 2.45) is 0 Å². The maximum absolute atomic E-state index is 13.6. The second-order valence-electron chi connectivity index (χ2n) is 5.08. The molecule has 1 amide bonds. The summed E-state index contributed by atoms with van der Waals surface area (Å²) < 4.78 is 24.4. The Morgan fingerprint density at radius 3 is 2.67 bits per heavy atom. The van der Waals surface area contributed by atoms with E-state index in [9.17, 15) is 14.0 Å². The average Bonchev–Trinajstić information content (AvgIpc) is 2.57. The fourth-order valence-corrected chi connectivity index (χ4v) is 2.05. The molecule has 0 aliphatic heterocycles. The third-order valence-corrected chi connectivity index (χ3v) is 3.16. The van der Waals surface area contributed by atoms with Crippen molar-refractivity contribution >= 4 is 17.9 Å². The average molecular weight is 331 g/mol. The lowest BCUT2D eigenvalue weighted by molar-refractivity contribution is -0.118. The number of ether oxygens (including phenoxy) is 2. The van der Waals surface area contributed by atoms with Crippen LogP contribution in [0.5, 0.6) is 11.5 Å². The van der Waals surface area contributed by atoms with Crippen molar-refractivity contribution in [1.29, 1.82) is 0 Å². The van der Waals surface area contributed by atoms with Gasteiger partial charge in [0.25, 0.3) is 5.91 Å². The Morgan fingerprint density at radius 2 is 1.96 bits per heavy atom. The molecule has 0 aromatic heterocycles. The fraction of sp³-hybridized carbons (Fsp3) is 0.222. The van der Waals surface area contributed by atoms with Crippen molar-refractivity contribution in [2.75, 3.05) is 18.5 Å². The second-order valence-corrected chi connectivity index (χ2v) is 5.08. The van der Waals surface area contributed by atoms with Crippen molar-refractivity contribution < 1.29 is 23.5 Å². The molecule has 0 atom stereocenters. The molecule has 0 bridgehead atoms. The van der Waals surface area contributed by atoms with E-state index in [4.69, 9.17) is 9.47 Å². The van der Waals surface area contributed by atoms with E-state index in [1.807, 2.05) is 0 Å². The number of rotatable bonds is 7. The molecule has 5 nitrogen and oxygen atoms in total. The summed E-state index contributed by atoms with van der Waals surface area (Å²) in [5.74, 6) is -0.306. The van der Waals surface area contributed by atoms with E-state index < -0.39 is 11.7 Å². The molecule has 0 saturated heterocycles. The molecule has 0 aliphatic carbocycles. The van der Waals surface area contributed by atoms with Crippen molar-refractivity contribution in [2.45, 2.75) is 13.8 Å². The van der Waals surface area contributed by atoms with Gasteiger partial charge in [0.1, 0.15) is 12.1 Å². The Labute approximate surface area is 139 Å². The number of amides is 1. The minimum atomic E-state index is -0.515. The van der Waals surface area contributed by atoms with E-state index in [2.05, 4.69) is 5.32 Å². The zero-order valence-corrected chi connectivity index (χ0v) is 13.5. The van der Waals surface area contributed by atoms with Crippen LogP contribution in [0.3, 0.4) is 0 Å². The second kappa shape index (κ2) is 8.10. The highest BCUT2D eigenvalue weighted by Crippen LogP contribution is 2.28. The number of anilines is 1. The van der Waals surface area contributed by atoms with Crippen LogP contribution in [-0.2, 0) is 4.79 Å². The van der Waals surface area contributed by atoms with Gasteiger partial charge in [-0.2, -0.15) is 0 Å². The van der Waals surface area contributed by atoms with Gasteiger partial charge in [-0.05, 0) is 49.7 Å². The van der Waals surface area contributed by atoms with Crippen molar-refractivity contribution in [3.05, 3.63) is 53.3 Å². The lowest BCUT2D eigenvalue weighted by Gasteiger charge is -2.12. The summed E-state index contributed by atoms with van der Waals surface area (Å²) >= 11 is 0. The van der Waals surface area contributed by atoms with E-state index >= 15 is 0 Å². The van der Waals surface area contributed by atoms with Crippen LogP contribution in [0.4, 0.5) is 10.1 Å². The molecular weight excluding hydrogens is 313 g/mol. The molecule has 0 fully saturated rings. The van der Waals surface area contributed by atoms with Gasteiger partial charge in [-0.1, -0.05) is 6.07 Å². The summed E-state index contributed by atoms with van der Waals surface area (Å²) in [4.78, 5) is 22.7. The van der Waals surface area contributed by atoms with Crippen LogP contribution < -0.4 is 14.8 Å². The molecule has 6 heteroatoms. The normalized spacial score (nSPS) is 10.1. The molecule has 0 saturated carbocycles. The number of carbonyl (C=O) groups is 2. The molecule has 0 heterocycles. The lowest BCUT2D eigenvalue weighted by atomic mass is 10.2. The van der Waals surface area contributed by atoms with Gasteiger partial charge >= 0.3 is 0 Å². The quantitative estimate of drug-likeness (QED) is 0.790. The first-order valence-electron chi connectivity index (χ1n) is 7.44. The minimum absolute atomic E-state index is 0.102. The van der Waals surface area contributed by atoms with Crippen molar-refractivity contribution in [1.82, 2.24) is 0 Å². The highest BCUT2D eigenvalue weighted by molar-refractivity contribution is 5.92. The number of carbonyl (C=O) groups excluding carboxylic acids is 2. The van der Waals surface area contributed by atoms with Crippen LogP contribution in [-0.4, -0.2) is 25.4 Å². The molecule has 1 N–H and O–H groups in total. The largest absolute Gasteiger partial charge is 0.490 e. The Morgan fingerprint density at radius 1 is 1.17 bits per heavy atom. The zero-order chi connectivity index (χ0) is 17.5. The number of halogens is 1. The highest BCUT2D eigenvalue weighted by atomic mass is 19.1. The number of aryl methyl sites for hydroxylation is 1. The SMILES string of the molecule is CCOc1cc(C=O)ccc1OCC(=O)Nc1cc(C)ccc1F. The molecule has 0 radical (unpaired) electrons. The Bertz CT molecular complexity index is 746. The van der Waals surface area contributed by atoms with Gasteiger partial charge in [0.15, 0.2) is 18.1 Å². The molecule has 2 aromatic rings. The fourth-order valence-electron chi connectivity index (χ4n) is 2.05. The van der Waals surface area contributed by atoms with Crippen LogP contribution >= 0.6 is 0 Å². The van der Waals surface area contributed by atoms with Gasteiger partial charge in [-0.25, -0.2) is 4.39 Å². The lowest BCUT2D eigenvalue weighted by Crippen LogP contribution is -2.21. The summed E-state index contributed by atoms with van der Waals surface area (Å²) in [6.45, 7) is 3.67. The van der Waals surface area contributed by atoms with Gasteiger partial charge < -0.3 is 14.8 Å². The van der Waals surface area contributed by atoms with Crippen LogP contribution in [0.2, 0.25) is 0 Å². The molecule has 0 unspecified atom stereocenters. The molecule has 24 heavy (non-hydrogen) atoms. The van der Waals surface area contributed by atoms with Crippen LogP contribution in [0.1, 0.15) is 22.8 Å². The standard InChI is InChI=1S/C18H18FNO4/c1-3-23-17-9-13(10-21)5-7-16(17)24-11-18(22)20-15-8-12(2)4-6-14(15)19/h4-10H,3,11H2,1-2H3,(H,20,22). The molecule has 2 rings (SSSR count). The first-order chi connectivity index (χ1) is 11.5. The predicted octanol–water partition coefficient (Wildman–Crippen LogP) is 3.36. The maximum atomic E-state index is 13.6. The Balaban J connectivity index is 2.03. The number of aldehydes is 1. The maximum Gasteiger partial charge on any atom is 0.262 e. The van der Waals surface area contributed by atoms with E-state index in [0.717, 1.165) is 5.56 Å². The molecule has 126 valence electrons. The summed E-state index contributed by atoms with van der Waals surface area (Å²) in [6, 6.07) is 9.08. The van der Waals surface area contributed by atoms with Crippen molar-refractivity contribution in [3.63, 3.8) is 0 Å².